The van der Waals surface area contributed by atoms with Gasteiger partial charge in [-0.1, -0.05) is 15.9 Å². The van der Waals surface area contributed by atoms with Gasteiger partial charge in [0.05, 0.1) is 10.4 Å². The molecule has 2 nitrogen and oxygen atoms in total. The quantitative estimate of drug-likeness (QED) is 0.724. The molecule has 1 aliphatic rings. The molecule has 2 rings (SSSR count). The van der Waals surface area contributed by atoms with Gasteiger partial charge in [-0.15, -0.1) is 0 Å². The predicted octanol–water partition coefficient (Wildman–Crippen LogP) is 3.60. The lowest BCUT2D eigenvalue weighted by Gasteiger charge is -2.30. The van der Waals surface area contributed by atoms with Crippen LogP contribution in [0.15, 0.2) is 24.3 Å². The van der Waals surface area contributed by atoms with Crippen LogP contribution >= 0.6 is 15.9 Å². The van der Waals surface area contributed by atoms with E-state index in [1.54, 1.807) is 0 Å². The average Bonchev–Trinajstić information content (AvgIpc) is 2.32. The maximum absolute atomic E-state index is 12.4. The standard InChI is InChI=1S/C12H11BrF3NO/c13-10-2-1-7-17(11(10)18)9-5-3-8(4-6-9)12(14,15)16/h3-6,10H,1-2,7H2. The Morgan fingerprint density at radius 3 is 2.39 bits per heavy atom. The fraction of sp³-hybridized carbons (Fsp3) is 0.417. The Hall–Kier alpha value is -1.04. The van der Waals surface area contributed by atoms with E-state index in [1.165, 1.54) is 17.0 Å². The zero-order valence-corrected chi connectivity index (χ0v) is 11.0. The Morgan fingerprint density at radius 2 is 1.83 bits per heavy atom. The van der Waals surface area contributed by atoms with Gasteiger partial charge >= 0.3 is 6.18 Å². The summed E-state index contributed by atoms with van der Waals surface area (Å²) in [6.07, 6.45) is -2.75. The van der Waals surface area contributed by atoms with E-state index in [9.17, 15) is 18.0 Å². The summed E-state index contributed by atoms with van der Waals surface area (Å²) in [5.74, 6) is -0.0963. The van der Waals surface area contributed by atoms with Gasteiger partial charge in [-0.3, -0.25) is 4.79 Å². The highest BCUT2D eigenvalue weighted by Gasteiger charge is 2.31. The van der Waals surface area contributed by atoms with E-state index in [2.05, 4.69) is 15.9 Å². The second-order valence-corrected chi connectivity index (χ2v) is 5.25. The summed E-state index contributed by atoms with van der Waals surface area (Å²) in [6.45, 7) is 0.548. The van der Waals surface area contributed by atoms with Gasteiger partial charge in [0.2, 0.25) is 5.91 Å². The molecule has 0 aromatic heterocycles. The molecule has 1 fully saturated rings. The lowest BCUT2D eigenvalue weighted by Crippen LogP contribution is -2.41. The smallest absolute Gasteiger partial charge is 0.311 e. The molecule has 1 aromatic rings. The Morgan fingerprint density at radius 1 is 1.22 bits per heavy atom. The molecule has 0 radical (unpaired) electrons. The minimum atomic E-state index is -4.34. The van der Waals surface area contributed by atoms with Crippen molar-refractivity contribution in [3.05, 3.63) is 29.8 Å². The SMILES string of the molecule is O=C1C(Br)CCCN1c1ccc(C(F)(F)F)cc1. The van der Waals surface area contributed by atoms with Crippen LogP contribution in [0.1, 0.15) is 18.4 Å². The zero-order valence-electron chi connectivity index (χ0n) is 9.38. The topological polar surface area (TPSA) is 20.3 Å². The van der Waals surface area contributed by atoms with Crippen molar-refractivity contribution in [2.75, 3.05) is 11.4 Å². The van der Waals surface area contributed by atoms with Gasteiger partial charge in [0.15, 0.2) is 0 Å². The first-order valence-electron chi connectivity index (χ1n) is 5.52. The van der Waals surface area contributed by atoms with E-state index in [0.717, 1.165) is 25.0 Å². The van der Waals surface area contributed by atoms with Crippen LogP contribution in [0, 0.1) is 0 Å². The van der Waals surface area contributed by atoms with Crippen LogP contribution in [0.4, 0.5) is 18.9 Å². The first kappa shape index (κ1) is 13.4. The molecule has 1 aliphatic heterocycles. The maximum atomic E-state index is 12.4. The molecule has 98 valence electrons. The molecule has 0 saturated carbocycles. The van der Waals surface area contributed by atoms with Gasteiger partial charge in [-0.05, 0) is 37.1 Å². The van der Waals surface area contributed by atoms with Crippen molar-refractivity contribution in [3.8, 4) is 0 Å². The van der Waals surface area contributed by atoms with Crippen LogP contribution in [-0.4, -0.2) is 17.3 Å². The summed E-state index contributed by atoms with van der Waals surface area (Å²) in [6, 6.07) is 4.68. The molecule has 0 N–H and O–H groups in total. The van der Waals surface area contributed by atoms with E-state index in [4.69, 9.17) is 0 Å². The van der Waals surface area contributed by atoms with Crippen LogP contribution in [0.5, 0.6) is 0 Å². The molecule has 0 bridgehead atoms. The second-order valence-electron chi connectivity index (χ2n) is 4.14. The normalized spacial score (nSPS) is 21.2. The molecule has 0 aliphatic carbocycles. The van der Waals surface area contributed by atoms with Crippen molar-refractivity contribution in [1.29, 1.82) is 0 Å². The molecule has 1 saturated heterocycles. The van der Waals surface area contributed by atoms with Crippen LogP contribution < -0.4 is 4.90 Å². The Labute approximate surface area is 111 Å². The Balaban J connectivity index is 2.22. The third kappa shape index (κ3) is 2.68. The lowest BCUT2D eigenvalue weighted by molar-refractivity contribution is -0.137. The van der Waals surface area contributed by atoms with Crippen LogP contribution in [-0.2, 0) is 11.0 Å². The van der Waals surface area contributed by atoms with Crippen molar-refractivity contribution in [3.63, 3.8) is 0 Å². The highest BCUT2D eigenvalue weighted by molar-refractivity contribution is 9.10. The van der Waals surface area contributed by atoms with E-state index < -0.39 is 11.7 Å². The third-order valence-corrected chi connectivity index (χ3v) is 3.73. The van der Waals surface area contributed by atoms with Crippen molar-refractivity contribution < 1.29 is 18.0 Å². The summed E-state index contributed by atoms with van der Waals surface area (Å²) in [5.41, 5.74) is -0.191. The summed E-state index contributed by atoms with van der Waals surface area (Å²) < 4.78 is 37.2. The summed E-state index contributed by atoms with van der Waals surface area (Å²) in [7, 11) is 0. The number of benzene rings is 1. The molecular formula is C12H11BrF3NO. The molecule has 6 heteroatoms. The van der Waals surface area contributed by atoms with Crippen molar-refractivity contribution in [1.82, 2.24) is 0 Å². The van der Waals surface area contributed by atoms with Crippen LogP contribution in [0.2, 0.25) is 0 Å². The lowest BCUT2D eigenvalue weighted by atomic mass is 10.1. The number of hydrogen-bond donors (Lipinski definition) is 0. The number of halogens is 4. The van der Waals surface area contributed by atoms with Crippen LogP contribution in [0.25, 0.3) is 0 Å². The third-order valence-electron chi connectivity index (χ3n) is 2.88. The summed E-state index contributed by atoms with van der Waals surface area (Å²) >= 11 is 3.27. The van der Waals surface area contributed by atoms with Gasteiger partial charge in [-0.25, -0.2) is 0 Å². The number of piperidine rings is 1. The molecule has 1 amide bonds. The largest absolute Gasteiger partial charge is 0.416 e. The number of nitrogens with zero attached hydrogens (tertiary/aromatic N) is 1. The summed E-state index contributed by atoms with van der Waals surface area (Å²) in [4.78, 5) is 13.1. The molecular weight excluding hydrogens is 311 g/mol. The summed E-state index contributed by atoms with van der Waals surface area (Å²) in [5, 5.41) is 0. The van der Waals surface area contributed by atoms with E-state index in [0.29, 0.717) is 12.2 Å². The highest BCUT2D eigenvalue weighted by atomic mass is 79.9. The van der Waals surface area contributed by atoms with Gasteiger partial charge in [0.25, 0.3) is 0 Å². The molecule has 1 heterocycles. The fourth-order valence-corrected chi connectivity index (χ4v) is 2.49. The second kappa shape index (κ2) is 4.91. The first-order valence-corrected chi connectivity index (χ1v) is 6.44. The number of hydrogen-bond acceptors (Lipinski definition) is 1. The van der Waals surface area contributed by atoms with Crippen molar-refractivity contribution in [2.45, 2.75) is 23.8 Å². The fourth-order valence-electron chi connectivity index (χ4n) is 1.92. The number of rotatable bonds is 1. The maximum Gasteiger partial charge on any atom is 0.416 e. The molecule has 18 heavy (non-hydrogen) atoms. The Kier molecular flexibility index (Phi) is 3.66. The number of carbonyl (C=O) groups excluding carboxylic acids is 1. The Bertz CT molecular complexity index is 444. The molecule has 1 atom stereocenters. The number of anilines is 1. The molecule has 1 unspecified atom stereocenters. The van der Waals surface area contributed by atoms with Gasteiger partial charge < -0.3 is 4.90 Å². The van der Waals surface area contributed by atoms with Crippen LogP contribution in [0.3, 0.4) is 0 Å². The average molecular weight is 322 g/mol. The van der Waals surface area contributed by atoms with E-state index in [-0.39, 0.29) is 10.7 Å². The predicted molar refractivity (Wildman–Crippen MR) is 65.7 cm³/mol. The number of alkyl halides is 4. The first-order chi connectivity index (χ1) is 8.39. The van der Waals surface area contributed by atoms with Gasteiger partial charge in [0.1, 0.15) is 0 Å². The number of carbonyl (C=O) groups is 1. The van der Waals surface area contributed by atoms with Crippen molar-refractivity contribution >= 4 is 27.5 Å². The number of amides is 1. The van der Waals surface area contributed by atoms with Gasteiger partial charge in [-0.2, -0.15) is 13.2 Å². The monoisotopic (exact) mass is 321 g/mol. The van der Waals surface area contributed by atoms with Gasteiger partial charge in [0, 0.05) is 12.2 Å². The van der Waals surface area contributed by atoms with Crippen molar-refractivity contribution in [2.24, 2.45) is 0 Å². The van der Waals surface area contributed by atoms with E-state index in [1.807, 2.05) is 0 Å². The van der Waals surface area contributed by atoms with E-state index >= 15 is 0 Å². The minimum Gasteiger partial charge on any atom is -0.311 e. The molecule has 0 spiro atoms. The zero-order chi connectivity index (χ0) is 13.3. The minimum absolute atomic E-state index is 0.0963. The molecule has 1 aromatic carbocycles. The highest BCUT2D eigenvalue weighted by Crippen LogP contribution is 2.31.